The summed E-state index contributed by atoms with van der Waals surface area (Å²) in [5, 5.41) is 9.55. The van der Waals surface area contributed by atoms with E-state index in [0.717, 1.165) is 6.42 Å². The molecule has 1 atom stereocenters. The van der Waals surface area contributed by atoms with Crippen molar-refractivity contribution in [3.63, 3.8) is 0 Å². The van der Waals surface area contributed by atoms with E-state index in [1.165, 1.54) is 4.90 Å². The Kier molecular flexibility index (Phi) is 6.26. The number of likely N-dealkylation sites (tertiary alicyclic amines) is 1. The van der Waals surface area contributed by atoms with Gasteiger partial charge in [-0.25, -0.2) is 0 Å². The minimum atomic E-state index is -4.31. The van der Waals surface area contributed by atoms with E-state index >= 15 is 0 Å². The molecule has 0 aromatic carbocycles. The summed E-state index contributed by atoms with van der Waals surface area (Å²) in [6.45, 7) is 1.15. The molecule has 1 amide bonds. The number of aliphatic hydroxyl groups is 1. The Morgan fingerprint density at radius 2 is 2.15 bits per heavy atom. The van der Waals surface area contributed by atoms with Gasteiger partial charge in [0, 0.05) is 38.6 Å². The van der Waals surface area contributed by atoms with Crippen molar-refractivity contribution in [1.29, 1.82) is 0 Å². The number of alkyl halides is 3. The lowest BCUT2D eigenvalue weighted by molar-refractivity contribution is -0.151. The lowest BCUT2D eigenvalue weighted by atomic mass is 9.78. The number of aliphatic hydroxyl groups excluding tert-OH is 1. The molecule has 0 spiro atoms. The van der Waals surface area contributed by atoms with Gasteiger partial charge in [-0.05, 0) is 19.3 Å². The van der Waals surface area contributed by atoms with Gasteiger partial charge in [0.25, 0.3) is 0 Å². The molecule has 1 rings (SSSR count). The van der Waals surface area contributed by atoms with Crippen molar-refractivity contribution in [2.45, 2.75) is 38.3 Å². The molecule has 7 heteroatoms. The number of carbonyl (C=O) groups excluding carboxylic acids is 1. The molecule has 0 aliphatic carbocycles. The van der Waals surface area contributed by atoms with E-state index in [1.54, 1.807) is 7.11 Å². The van der Waals surface area contributed by atoms with Crippen molar-refractivity contribution < 1.29 is 27.8 Å². The van der Waals surface area contributed by atoms with Crippen molar-refractivity contribution in [3.8, 4) is 0 Å². The summed E-state index contributed by atoms with van der Waals surface area (Å²) in [6, 6.07) is 0. The van der Waals surface area contributed by atoms with Crippen molar-refractivity contribution in [3.05, 3.63) is 0 Å². The first-order valence-electron chi connectivity index (χ1n) is 6.76. The lowest BCUT2D eigenvalue weighted by Gasteiger charge is -2.42. The van der Waals surface area contributed by atoms with E-state index in [4.69, 9.17) is 4.74 Å². The second kappa shape index (κ2) is 7.26. The average Bonchev–Trinajstić information content (AvgIpc) is 2.42. The maximum Gasteiger partial charge on any atom is 0.389 e. The Morgan fingerprint density at radius 3 is 2.70 bits per heavy atom. The number of methoxy groups -OCH3 is 1. The predicted octanol–water partition coefficient (Wildman–Crippen LogP) is 1.97. The van der Waals surface area contributed by atoms with Gasteiger partial charge in [-0.1, -0.05) is 0 Å². The van der Waals surface area contributed by atoms with Gasteiger partial charge in [-0.15, -0.1) is 0 Å². The molecule has 0 radical (unpaired) electrons. The number of ether oxygens (including phenoxy) is 1. The van der Waals surface area contributed by atoms with Crippen LogP contribution in [0, 0.1) is 5.41 Å². The molecule has 118 valence electrons. The van der Waals surface area contributed by atoms with Crippen LogP contribution in [0.3, 0.4) is 0 Å². The molecule has 0 aromatic heterocycles. The molecule has 0 saturated carbocycles. The number of halogens is 3. The monoisotopic (exact) mass is 297 g/mol. The largest absolute Gasteiger partial charge is 0.396 e. The standard InChI is InChI=1S/C13H22F3NO3/c1-20-8-6-12(10-18)4-2-7-17(9-12)11(19)3-5-13(14,15)16/h18H,2-10H2,1H3/t12-/m0/s1. The first-order valence-corrected chi connectivity index (χ1v) is 6.76. The number of nitrogens with zero attached hydrogens (tertiary/aromatic N) is 1. The molecule has 0 unspecified atom stereocenters. The zero-order chi connectivity index (χ0) is 15.2. The fourth-order valence-electron chi connectivity index (χ4n) is 2.56. The normalized spacial score (nSPS) is 23.9. The fourth-order valence-corrected chi connectivity index (χ4v) is 2.56. The van der Waals surface area contributed by atoms with Crippen molar-refractivity contribution in [2.75, 3.05) is 33.4 Å². The highest BCUT2D eigenvalue weighted by atomic mass is 19.4. The highest BCUT2D eigenvalue weighted by Gasteiger charge is 2.37. The van der Waals surface area contributed by atoms with Gasteiger partial charge >= 0.3 is 6.18 Å². The molecule has 4 nitrogen and oxygen atoms in total. The first kappa shape index (κ1) is 17.2. The van der Waals surface area contributed by atoms with Gasteiger partial charge in [-0.2, -0.15) is 13.2 Å². The SMILES string of the molecule is COCC[C@@]1(CO)CCCN(C(=O)CCC(F)(F)F)C1. The molecule has 20 heavy (non-hydrogen) atoms. The average molecular weight is 297 g/mol. The smallest absolute Gasteiger partial charge is 0.389 e. The summed E-state index contributed by atoms with van der Waals surface area (Å²) in [6.07, 6.45) is -3.86. The van der Waals surface area contributed by atoms with Crippen LogP contribution in [0.2, 0.25) is 0 Å². The van der Waals surface area contributed by atoms with Crippen LogP contribution >= 0.6 is 0 Å². The van der Waals surface area contributed by atoms with Crippen molar-refractivity contribution in [2.24, 2.45) is 5.41 Å². The maximum absolute atomic E-state index is 12.1. The minimum Gasteiger partial charge on any atom is -0.396 e. The molecule has 0 bridgehead atoms. The molecular formula is C13H22F3NO3. The van der Waals surface area contributed by atoms with E-state index < -0.39 is 30.3 Å². The van der Waals surface area contributed by atoms with Gasteiger partial charge in [0.1, 0.15) is 0 Å². The van der Waals surface area contributed by atoms with Gasteiger partial charge in [0.05, 0.1) is 13.0 Å². The number of amides is 1. The highest BCUT2D eigenvalue weighted by molar-refractivity contribution is 5.76. The molecule has 1 aliphatic rings. The van der Waals surface area contributed by atoms with E-state index in [-0.39, 0.29) is 6.61 Å². The van der Waals surface area contributed by atoms with Crippen LogP contribution in [0.4, 0.5) is 13.2 Å². The van der Waals surface area contributed by atoms with Crippen LogP contribution in [-0.4, -0.2) is 55.5 Å². The van der Waals surface area contributed by atoms with Crippen LogP contribution in [0.25, 0.3) is 0 Å². The lowest BCUT2D eigenvalue weighted by Crippen LogP contribution is -2.48. The van der Waals surface area contributed by atoms with E-state index in [2.05, 4.69) is 0 Å². The van der Waals surface area contributed by atoms with Crippen LogP contribution in [0.1, 0.15) is 32.1 Å². The Hall–Kier alpha value is -0.820. The van der Waals surface area contributed by atoms with Crippen LogP contribution < -0.4 is 0 Å². The second-order valence-corrected chi connectivity index (χ2v) is 5.43. The number of carbonyl (C=O) groups is 1. The Bertz CT molecular complexity index is 322. The highest BCUT2D eigenvalue weighted by Crippen LogP contribution is 2.33. The number of piperidine rings is 1. The van der Waals surface area contributed by atoms with E-state index in [0.29, 0.717) is 32.5 Å². The molecule has 0 aromatic rings. The third kappa shape index (κ3) is 5.28. The number of rotatable bonds is 6. The Morgan fingerprint density at radius 1 is 1.45 bits per heavy atom. The zero-order valence-corrected chi connectivity index (χ0v) is 11.7. The van der Waals surface area contributed by atoms with Crippen molar-refractivity contribution in [1.82, 2.24) is 4.90 Å². The summed E-state index contributed by atoms with van der Waals surface area (Å²) in [7, 11) is 1.56. The van der Waals surface area contributed by atoms with E-state index in [9.17, 15) is 23.1 Å². The topological polar surface area (TPSA) is 49.8 Å². The Labute approximate surface area is 116 Å². The van der Waals surface area contributed by atoms with Crippen molar-refractivity contribution >= 4 is 5.91 Å². The fraction of sp³-hybridized carbons (Fsp3) is 0.923. The molecular weight excluding hydrogens is 275 g/mol. The Balaban J connectivity index is 2.56. The third-order valence-electron chi connectivity index (χ3n) is 3.81. The predicted molar refractivity (Wildman–Crippen MR) is 67.1 cm³/mol. The number of hydrogen-bond donors (Lipinski definition) is 1. The quantitative estimate of drug-likeness (QED) is 0.815. The first-order chi connectivity index (χ1) is 9.32. The molecule has 1 aliphatic heterocycles. The molecule has 1 saturated heterocycles. The van der Waals surface area contributed by atoms with Crippen LogP contribution in [0.5, 0.6) is 0 Å². The molecule has 1 heterocycles. The molecule has 1 fully saturated rings. The van der Waals surface area contributed by atoms with Gasteiger partial charge in [0.15, 0.2) is 0 Å². The second-order valence-electron chi connectivity index (χ2n) is 5.43. The van der Waals surface area contributed by atoms with Crippen LogP contribution in [0.15, 0.2) is 0 Å². The maximum atomic E-state index is 12.1. The zero-order valence-electron chi connectivity index (χ0n) is 11.7. The number of hydrogen-bond acceptors (Lipinski definition) is 3. The van der Waals surface area contributed by atoms with Gasteiger partial charge < -0.3 is 14.7 Å². The van der Waals surface area contributed by atoms with Gasteiger partial charge in [0.2, 0.25) is 5.91 Å². The van der Waals surface area contributed by atoms with Gasteiger partial charge in [-0.3, -0.25) is 4.79 Å². The third-order valence-corrected chi connectivity index (χ3v) is 3.81. The summed E-state index contributed by atoms with van der Waals surface area (Å²) < 4.78 is 41.4. The summed E-state index contributed by atoms with van der Waals surface area (Å²) >= 11 is 0. The van der Waals surface area contributed by atoms with Crippen LogP contribution in [-0.2, 0) is 9.53 Å². The summed E-state index contributed by atoms with van der Waals surface area (Å²) in [4.78, 5) is 13.3. The summed E-state index contributed by atoms with van der Waals surface area (Å²) in [5.41, 5.74) is -0.442. The minimum absolute atomic E-state index is 0.0839. The molecule has 1 N–H and O–H groups in total. The summed E-state index contributed by atoms with van der Waals surface area (Å²) in [5.74, 6) is -0.489. The van der Waals surface area contributed by atoms with E-state index in [1.807, 2.05) is 0 Å².